The molecule has 34 heavy (non-hydrogen) atoms. The highest BCUT2D eigenvalue weighted by molar-refractivity contribution is 5.97. The summed E-state index contributed by atoms with van der Waals surface area (Å²) in [5.41, 5.74) is 3.15. The van der Waals surface area contributed by atoms with Gasteiger partial charge in [0.05, 0.1) is 0 Å². The summed E-state index contributed by atoms with van der Waals surface area (Å²) in [7, 11) is 0. The number of ether oxygens (including phenoxy) is 4. The second-order valence-electron chi connectivity index (χ2n) is 9.52. The fraction of sp³-hybridized carbons (Fsp3) is 0.429. The Morgan fingerprint density at radius 2 is 1.44 bits per heavy atom. The number of hydrogen-bond acceptors (Lipinski definition) is 6. The maximum absolute atomic E-state index is 11.7. The first-order valence-electron chi connectivity index (χ1n) is 11.7. The van der Waals surface area contributed by atoms with Gasteiger partial charge in [-0.1, -0.05) is 44.3 Å². The van der Waals surface area contributed by atoms with E-state index in [9.17, 15) is 9.59 Å². The van der Waals surface area contributed by atoms with Crippen molar-refractivity contribution in [2.45, 2.75) is 51.4 Å². The van der Waals surface area contributed by atoms with Crippen molar-refractivity contribution in [1.82, 2.24) is 0 Å². The molecule has 6 heteroatoms. The van der Waals surface area contributed by atoms with Crippen molar-refractivity contribution in [2.75, 3.05) is 26.4 Å². The first kappa shape index (κ1) is 23.9. The van der Waals surface area contributed by atoms with E-state index in [1.165, 1.54) is 11.1 Å². The third kappa shape index (κ3) is 4.41. The van der Waals surface area contributed by atoms with Crippen molar-refractivity contribution in [3.63, 3.8) is 0 Å². The summed E-state index contributed by atoms with van der Waals surface area (Å²) < 4.78 is 23.1. The number of fused-ring (bicyclic) bond motifs is 6. The SMILES string of the molecule is C=C(C)C(=O)OCCOc1c2c(c(OCCOC(=O)C(=C)C)c3ccccc13)C1(C)CCC2C1. The predicted octanol–water partition coefficient (Wildman–Crippen LogP) is 5.37. The quantitative estimate of drug-likeness (QED) is 0.267. The predicted molar refractivity (Wildman–Crippen MR) is 130 cm³/mol. The van der Waals surface area contributed by atoms with E-state index in [1.807, 2.05) is 24.3 Å². The van der Waals surface area contributed by atoms with Gasteiger partial charge in [0, 0.05) is 33.0 Å². The molecule has 2 aliphatic carbocycles. The highest BCUT2D eigenvalue weighted by Crippen LogP contribution is 2.63. The largest absolute Gasteiger partial charge is 0.489 e. The van der Waals surface area contributed by atoms with Crippen LogP contribution in [-0.4, -0.2) is 38.4 Å². The molecule has 0 aliphatic heterocycles. The molecule has 2 aromatic rings. The number of hydrogen-bond donors (Lipinski definition) is 0. The van der Waals surface area contributed by atoms with Crippen LogP contribution in [0.4, 0.5) is 0 Å². The summed E-state index contributed by atoms with van der Waals surface area (Å²) in [6.07, 6.45) is 3.26. The van der Waals surface area contributed by atoms with Crippen LogP contribution in [0.25, 0.3) is 10.8 Å². The second kappa shape index (κ2) is 9.53. The van der Waals surface area contributed by atoms with E-state index in [4.69, 9.17) is 18.9 Å². The molecule has 1 saturated carbocycles. The van der Waals surface area contributed by atoms with Crippen molar-refractivity contribution in [3.05, 3.63) is 59.7 Å². The van der Waals surface area contributed by atoms with Gasteiger partial charge in [0.25, 0.3) is 0 Å². The van der Waals surface area contributed by atoms with Crippen LogP contribution in [0.15, 0.2) is 48.6 Å². The Bertz CT molecular complexity index is 1160. The Balaban J connectivity index is 1.64. The van der Waals surface area contributed by atoms with E-state index in [0.29, 0.717) is 17.1 Å². The van der Waals surface area contributed by atoms with Crippen LogP contribution in [-0.2, 0) is 24.5 Å². The molecule has 0 N–H and O–H groups in total. The second-order valence-corrected chi connectivity index (χ2v) is 9.52. The van der Waals surface area contributed by atoms with Crippen LogP contribution < -0.4 is 9.47 Å². The lowest BCUT2D eigenvalue weighted by atomic mass is 9.79. The van der Waals surface area contributed by atoms with Crippen molar-refractivity contribution < 1.29 is 28.5 Å². The Hall–Kier alpha value is -3.28. The lowest BCUT2D eigenvalue weighted by molar-refractivity contribution is -0.140. The van der Waals surface area contributed by atoms with E-state index < -0.39 is 11.9 Å². The third-order valence-electron chi connectivity index (χ3n) is 6.73. The van der Waals surface area contributed by atoms with Gasteiger partial charge < -0.3 is 18.9 Å². The van der Waals surface area contributed by atoms with Gasteiger partial charge in [-0.2, -0.15) is 0 Å². The third-order valence-corrected chi connectivity index (χ3v) is 6.73. The van der Waals surface area contributed by atoms with Crippen LogP contribution in [0.2, 0.25) is 0 Å². The fourth-order valence-corrected chi connectivity index (χ4v) is 5.21. The number of benzene rings is 2. The standard InChI is InChI=1S/C28H32O6/c1-17(2)26(29)33-14-12-31-24-20-8-6-7-9-21(20)25(32-13-15-34-27(30)18(3)4)23-22(24)19-10-11-28(23,5)16-19/h6-9,19H,1,3,10-16H2,2,4-5H3. The Morgan fingerprint density at radius 1 is 0.912 bits per heavy atom. The van der Waals surface area contributed by atoms with Gasteiger partial charge >= 0.3 is 11.9 Å². The molecule has 0 aromatic heterocycles. The molecular weight excluding hydrogens is 432 g/mol. The van der Waals surface area contributed by atoms with Crippen molar-refractivity contribution in [3.8, 4) is 11.5 Å². The Kier molecular flexibility index (Phi) is 6.69. The number of esters is 2. The molecule has 0 saturated heterocycles. The van der Waals surface area contributed by atoms with Gasteiger partial charge in [0.2, 0.25) is 0 Å². The van der Waals surface area contributed by atoms with E-state index in [-0.39, 0.29) is 31.8 Å². The Morgan fingerprint density at radius 3 is 2.00 bits per heavy atom. The van der Waals surface area contributed by atoms with Gasteiger partial charge in [0.15, 0.2) is 0 Å². The van der Waals surface area contributed by atoms with E-state index in [1.54, 1.807) is 13.8 Å². The topological polar surface area (TPSA) is 71.1 Å². The van der Waals surface area contributed by atoms with Gasteiger partial charge in [0.1, 0.15) is 37.9 Å². The molecule has 6 nitrogen and oxygen atoms in total. The van der Waals surface area contributed by atoms with Crippen molar-refractivity contribution in [1.29, 1.82) is 0 Å². The normalized spacial score (nSPS) is 20.0. The summed E-state index contributed by atoms with van der Waals surface area (Å²) in [4.78, 5) is 23.4. The molecule has 0 radical (unpaired) electrons. The van der Waals surface area contributed by atoms with E-state index in [0.717, 1.165) is 41.5 Å². The molecule has 0 heterocycles. The summed E-state index contributed by atoms with van der Waals surface area (Å²) in [5, 5.41) is 1.94. The molecule has 0 spiro atoms. The van der Waals surface area contributed by atoms with Crippen LogP contribution in [0.1, 0.15) is 57.1 Å². The zero-order valence-electron chi connectivity index (χ0n) is 20.2. The zero-order chi connectivity index (χ0) is 24.5. The van der Waals surface area contributed by atoms with Crippen LogP contribution >= 0.6 is 0 Å². The molecule has 1 fully saturated rings. The Labute approximate surface area is 200 Å². The lowest BCUT2D eigenvalue weighted by Crippen LogP contribution is -2.20. The minimum absolute atomic E-state index is 0.0122. The molecule has 2 atom stereocenters. The molecule has 4 rings (SSSR count). The highest BCUT2D eigenvalue weighted by atomic mass is 16.6. The average Bonchev–Trinajstić information content (AvgIpc) is 3.34. The molecule has 2 unspecified atom stereocenters. The maximum atomic E-state index is 11.7. The summed E-state index contributed by atoms with van der Waals surface area (Å²) >= 11 is 0. The molecule has 2 bridgehead atoms. The van der Waals surface area contributed by atoms with Crippen molar-refractivity contribution >= 4 is 22.7 Å². The first-order valence-corrected chi connectivity index (χ1v) is 11.7. The molecule has 0 amide bonds. The van der Waals surface area contributed by atoms with Gasteiger partial charge in [-0.3, -0.25) is 0 Å². The zero-order valence-corrected chi connectivity index (χ0v) is 20.2. The molecule has 2 aromatic carbocycles. The summed E-state index contributed by atoms with van der Waals surface area (Å²) in [6.45, 7) is 13.6. The minimum Gasteiger partial charge on any atom is -0.489 e. The summed E-state index contributed by atoms with van der Waals surface area (Å²) in [6, 6.07) is 8.04. The van der Waals surface area contributed by atoms with Gasteiger partial charge in [-0.05, 0) is 44.4 Å². The van der Waals surface area contributed by atoms with E-state index >= 15 is 0 Å². The van der Waals surface area contributed by atoms with Gasteiger partial charge in [-0.15, -0.1) is 0 Å². The van der Waals surface area contributed by atoms with Crippen LogP contribution in [0.5, 0.6) is 11.5 Å². The number of carbonyl (C=O) groups is 2. The van der Waals surface area contributed by atoms with Crippen LogP contribution in [0, 0.1) is 0 Å². The number of carbonyl (C=O) groups excluding carboxylic acids is 2. The van der Waals surface area contributed by atoms with Crippen LogP contribution in [0.3, 0.4) is 0 Å². The van der Waals surface area contributed by atoms with Crippen molar-refractivity contribution in [2.24, 2.45) is 0 Å². The first-order chi connectivity index (χ1) is 16.2. The molecule has 180 valence electrons. The summed E-state index contributed by atoms with van der Waals surface area (Å²) in [5.74, 6) is 1.28. The fourth-order valence-electron chi connectivity index (χ4n) is 5.21. The lowest BCUT2D eigenvalue weighted by Gasteiger charge is -2.30. The molecular formula is C28H32O6. The monoisotopic (exact) mass is 464 g/mol. The van der Waals surface area contributed by atoms with Gasteiger partial charge in [-0.25, -0.2) is 9.59 Å². The smallest absolute Gasteiger partial charge is 0.333 e. The highest BCUT2D eigenvalue weighted by Gasteiger charge is 2.50. The average molecular weight is 465 g/mol. The minimum atomic E-state index is -0.416. The van der Waals surface area contributed by atoms with E-state index in [2.05, 4.69) is 20.1 Å². The molecule has 2 aliphatic rings. The number of rotatable bonds is 10. The maximum Gasteiger partial charge on any atom is 0.333 e.